The monoisotopic (exact) mass is 418 g/mol. The van der Waals surface area contributed by atoms with E-state index in [2.05, 4.69) is 0 Å². The van der Waals surface area contributed by atoms with Crippen LogP contribution in [0.5, 0.6) is 11.5 Å². The molecule has 1 aliphatic rings. The van der Waals surface area contributed by atoms with Gasteiger partial charge in [-0.1, -0.05) is 29.5 Å². The Labute approximate surface area is 138 Å². The fourth-order valence-electron chi connectivity index (χ4n) is 1.94. The van der Waals surface area contributed by atoms with E-state index in [0.717, 1.165) is 0 Å². The Morgan fingerprint density at radius 2 is 2.14 bits per heavy atom. The molecule has 1 unspecified atom stereocenters. The lowest BCUT2D eigenvalue weighted by molar-refractivity contribution is -0.154. The number of hydrogen-bond acceptors (Lipinski definition) is 7. The van der Waals surface area contributed by atoms with Gasteiger partial charge in [-0.2, -0.15) is 0 Å². The predicted octanol–water partition coefficient (Wildman–Crippen LogP) is 2.46. The van der Waals surface area contributed by atoms with Crippen LogP contribution >= 0.6 is 22.6 Å². The zero-order valence-electron chi connectivity index (χ0n) is 11.7. The summed E-state index contributed by atoms with van der Waals surface area (Å²) in [5.74, 6) is -1.67. The molecule has 7 nitrogen and oxygen atoms in total. The third kappa shape index (κ3) is 2.31. The first-order valence-corrected chi connectivity index (χ1v) is 7.59. The highest BCUT2D eigenvalue weighted by Gasteiger charge is 2.37. The maximum Gasteiger partial charge on any atom is 0.349 e. The second-order valence-electron chi connectivity index (χ2n) is 5.00. The van der Waals surface area contributed by atoms with Crippen molar-refractivity contribution in [2.75, 3.05) is 6.61 Å². The zero-order valence-corrected chi connectivity index (χ0v) is 13.9. The summed E-state index contributed by atoms with van der Waals surface area (Å²) in [6.07, 6.45) is 0.574. The van der Waals surface area contributed by atoms with Crippen molar-refractivity contribution in [3.8, 4) is 11.5 Å². The quantitative estimate of drug-likeness (QED) is 0.319. The summed E-state index contributed by atoms with van der Waals surface area (Å²) in [6, 6.07) is 1.45. The topological polar surface area (TPSA) is 92.0 Å². The summed E-state index contributed by atoms with van der Waals surface area (Å²) >= 11 is 1.97. The van der Waals surface area contributed by atoms with E-state index in [4.69, 9.17) is 18.6 Å². The minimum Gasteiger partial charge on any atom is -0.453 e. The summed E-state index contributed by atoms with van der Waals surface area (Å²) in [5.41, 5.74) is 0.836. The van der Waals surface area contributed by atoms with E-state index in [0.29, 0.717) is 12.0 Å². The zero-order chi connectivity index (χ0) is 16.1. The Bertz CT molecular complexity index is 773. The largest absolute Gasteiger partial charge is 0.453 e. The van der Waals surface area contributed by atoms with E-state index in [1.54, 1.807) is 6.92 Å². The lowest BCUT2D eigenvalue weighted by atomic mass is 10.1. The van der Waals surface area contributed by atoms with Gasteiger partial charge in [0.2, 0.25) is 11.5 Å². The number of furan rings is 2. The van der Waals surface area contributed by atoms with Gasteiger partial charge in [0.25, 0.3) is 0 Å². The van der Waals surface area contributed by atoms with Gasteiger partial charge in [-0.3, -0.25) is 4.79 Å². The maximum atomic E-state index is 11.8. The minimum absolute atomic E-state index is 0.0402. The average molecular weight is 418 g/mol. The van der Waals surface area contributed by atoms with Gasteiger partial charge in [-0.25, -0.2) is 9.59 Å². The average Bonchev–Trinajstić information content (AvgIpc) is 3.09. The number of esters is 3. The second kappa shape index (κ2) is 5.11. The molecule has 8 heteroatoms. The molecule has 116 valence electrons. The van der Waals surface area contributed by atoms with Crippen molar-refractivity contribution in [2.45, 2.75) is 23.7 Å². The van der Waals surface area contributed by atoms with Crippen molar-refractivity contribution in [2.24, 2.45) is 0 Å². The second-order valence-corrected chi connectivity index (χ2v) is 7.38. The Morgan fingerprint density at radius 1 is 1.41 bits per heavy atom. The minimum atomic E-state index is -0.777. The Balaban J connectivity index is 1.64. The number of hydrogen-bond donors (Lipinski definition) is 0. The normalized spacial score (nSPS) is 15.7. The molecular weight excluding hydrogens is 407 g/mol. The smallest absolute Gasteiger partial charge is 0.349 e. The van der Waals surface area contributed by atoms with Crippen LogP contribution in [0.4, 0.5) is 0 Å². The van der Waals surface area contributed by atoms with Crippen LogP contribution in [0.1, 0.15) is 30.6 Å². The molecule has 1 atom stereocenters. The third-order valence-electron chi connectivity index (χ3n) is 3.41. The van der Waals surface area contributed by atoms with Crippen molar-refractivity contribution >= 4 is 51.7 Å². The van der Waals surface area contributed by atoms with Gasteiger partial charge >= 0.3 is 17.9 Å². The standard InChI is InChI=1S/C14H11IO7/c1-3-14(2,15)13(18)19-5-8(16)21-10-7-4-6-9(20-7)11(10)22-12(6)17/h4H,3,5H2,1-2H3. The van der Waals surface area contributed by atoms with Crippen molar-refractivity contribution in [1.29, 1.82) is 0 Å². The molecule has 1 aliphatic heterocycles. The molecule has 2 aromatic heterocycles. The molecule has 0 fully saturated rings. The Morgan fingerprint density at radius 3 is 2.82 bits per heavy atom. The van der Waals surface area contributed by atoms with Gasteiger partial charge in [-0.15, -0.1) is 0 Å². The van der Waals surface area contributed by atoms with Crippen molar-refractivity contribution in [3.05, 3.63) is 11.6 Å². The molecule has 0 spiro atoms. The fraction of sp³-hybridized carbons (Fsp3) is 0.357. The lowest BCUT2D eigenvalue weighted by Gasteiger charge is -2.17. The fourth-order valence-corrected chi connectivity index (χ4v) is 2.09. The lowest BCUT2D eigenvalue weighted by Crippen LogP contribution is -2.31. The van der Waals surface area contributed by atoms with Crippen LogP contribution in [0.3, 0.4) is 0 Å². The van der Waals surface area contributed by atoms with E-state index in [1.807, 2.05) is 29.5 Å². The molecule has 0 N–H and O–H groups in total. The van der Waals surface area contributed by atoms with Gasteiger partial charge in [0, 0.05) is 6.07 Å². The molecule has 3 rings (SSSR count). The van der Waals surface area contributed by atoms with E-state index in [-0.39, 0.29) is 22.7 Å². The Kier molecular flexibility index (Phi) is 3.50. The first kappa shape index (κ1) is 15.1. The summed E-state index contributed by atoms with van der Waals surface area (Å²) in [7, 11) is 0. The number of carbonyl (C=O) groups is 3. The van der Waals surface area contributed by atoms with Crippen LogP contribution in [-0.4, -0.2) is 27.9 Å². The van der Waals surface area contributed by atoms with Crippen LogP contribution in [0, 0.1) is 0 Å². The number of rotatable bonds is 5. The van der Waals surface area contributed by atoms with E-state index >= 15 is 0 Å². The van der Waals surface area contributed by atoms with Gasteiger partial charge in [-0.05, 0) is 13.3 Å². The van der Waals surface area contributed by atoms with Gasteiger partial charge in [0.1, 0.15) is 8.99 Å². The Hall–Kier alpha value is -1.84. The molecule has 0 saturated heterocycles. The highest BCUT2D eigenvalue weighted by Crippen LogP contribution is 2.49. The number of benzene rings is 1. The highest BCUT2D eigenvalue weighted by molar-refractivity contribution is 14.1. The first-order valence-electron chi connectivity index (χ1n) is 6.51. The summed E-state index contributed by atoms with van der Waals surface area (Å²) in [6.45, 7) is 3.03. The van der Waals surface area contributed by atoms with E-state index in [1.165, 1.54) is 6.07 Å². The van der Waals surface area contributed by atoms with E-state index < -0.39 is 27.9 Å². The van der Waals surface area contributed by atoms with Gasteiger partial charge in [0.15, 0.2) is 17.8 Å². The van der Waals surface area contributed by atoms with E-state index in [9.17, 15) is 14.4 Å². The molecule has 3 heterocycles. The highest BCUT2D eigenvalue weighted by atomic mass is 127. The molecule has 0 aliphatic carbocycles. The van der Waals surface area contributed by atoms with Gasteiger partial charge < -0.3 is 18.6 Å². The SMILES string of the molecule is CCC(C)(I)C(=O)OCC(=O)Oc1c2c3oc1cc3C(=O)O2. The molecule has 0 radical (unpaired) electrons. The maximum absolute atomic E-state index is 11.8. The molecule has 22 heavy (non-hydrogen) atoms. The van der Waals surface area contributed by atoms with Crippen LogP contribution in [0.2, 0.25) is 0 Å². The van der Waals surface area contributed by atoms with Crippen LogP contribution < -0.4 is 9.47 Å². The van der Waals surface area contributed by atoms with Crippen molar-refractivity contribution in [3.63, 3.8) is 0 Å². The van der Waals surface area contributed by atoms with Gasteiger partial charge in [0.05, 0.1) is 0 Å². The predicted molar refractivity (Wildman–Crippen MR) is 81.7 cm³/mol. The molecule has 2 aromatic rings. The number of alkyl halides is 1. The number of fused-ring (bicyclic) bond motifs is 1. The summed E-state index contributed by atoms with van der Waals surface area (Å²) in [5, 5.41) is 0. The molecule has 0 saturated carbocycles. The van der Waals surface area contributed by atoms with Crippen LogP contribution in [0.15, 0.2) is 10.5 Å². The summed E-state index contributed by atoms with van der Waals surface area (Å²) < 4.78 is 19.5. The third-order valence-corrected chi connectivity index (χ3v) is 4.61. The molecular formula is C14H11IO7. The van der Waals surface area contributed by atoms with Crippen LogP contribution in [0.25, 0.3) is 11.2 Å². The number of ether oxygens (including phenoxy) is 3. The van der Waals surface area contributed by atoms with Crippen molar-refractivity contribution in [1.82, 2.24) is 0 Å². The molecule has 0 aromatic carbocycles. The molecule has 0 amide bonds. The number of halogens is 1. The first-order chi connectivity index (χ1) is 10.3. The van der Waals surface area contributed by atoms with Crippen molar-refractivity contribution < 1.29 is 33.0 Å². The molecule has 2 bridgehead atoms. The van der Waals surface area contributed by atoms with Crippen LogP contribution in [-0.2, 0) is 14.3 Å². The number of carbonyl (C=O) groups excluding carboxylic acids is 3. The summed E-state index contributed by atoms with van der Waals surface area (Å²) in [4.78, 5) is 35.0.